The molecule has 2 N–H and O–H groups in total. The first-order chi connectivity index (χ1) is 7.77. The molecule has 0 aliphatic carbocycles. The quantitative estimate of drug-likeness (QED) is 0.839. The molecular weight excluding hydrogens is 242 g/mol. The maximum atomic E-state index is 5.55. The molecule has 2 rings (SSSR count). The lowest BCUT2D eigenvalue weighted by atomic mass is 10.3. The van der Waals surface area contributed by atoms with E-state index in [1.807, 2.05) is 17.5 Å². The van der Waals surface area contributed by atoms with Gasteiger partial charge >= 0.3 is 0 Å². The topological polar surface area (TPSA) is 61.0 Å². The lowest BCUT2D eigenvalue weighted by Crippen LogP contribution is -2.13. The molecule has 0 aromatic carbocycles. The number of ether oxygens (including phenoxy) is 1. The van der Waals surface area contributed by atoms with Crippen LogP contribution in [0.4, 0.5) is 0 Å². The second-order valence-corrected chi connectivity index (χ2v) is 4.45. The van der Waals surface area contributed by atoms with Crippen LogP contribution in [0, 0.1) is 0 Å². The Morgan fingerprint density at radius 1 is 1.50 bits per heavy atom. The molecule has 0 atom stereocenters. The molecule has 0 radical (unpaired) electrons. The van der Waals surface area contributed by atoms with Crippen LogP contribution in [0.5, 0.6) is 5.88 Å². The van der Waals surface area contributed by atoms with Gasteiger partial charge in [-0.1, -0.05) is 18.3 Å². The van der Waals surface area contributed by atoms with E-state index in [9.17, 15) is 0 Å². The minimum atomic E-state index is 0.260. The van der Waals surface area contributed by atoms with Crippen molar-refractivity contribution in [1.82, 2.24) is 10.2 Å². The number of nitrogens with two attached hydrogens (primary N) is 1. The highest BCUT2D eigenvalue weighted by molar-refractivity contribution is 7.80. The molecule has 16 heavy (non-hydrogen) atoms. The Kier molecular flexibility index (Phi) is 3.43. The minimum Gasteiger partial charge on any atom is -0.470 e. The number of rotatable bonds is 4. The first-order valence-corrected chi connectivity index (χ1v) is 5.83. The molecule has 2 heterocycles. The van der Waals surface area contributed by atoms with E-state index < -0.39 is 0 Å². The van der Waals surface area contributed by atoms with Gasteiger partial charge in [0.1, 0.15) is 11.6 Å². The number of thiophene rings is 1. The highest BCUT2D eigenvalue weighted by Crippen LogP contribution is 2.16. The Labute approximate surface area is 102 Å². The number of hydrogen-bond acceptors (Lipinski definition) is 5. The second-order valence-electron chi connectivity index (χ2n) is 2.98. The first-order valence-electron chi connectivity index (χ1n) is 4.54. The van der Waals surface area contributed by atoms with Crippen LogP contribution in [0.25, 0.3) is 0 Å². The summed E-state index contributed by atoms with van der Waals surface area (Å²) in [7, 11) is 0. The summed E-state index contributed by atoms with van der Waals surface area (Å²) < 4.78 is 5.51. The zero-order valence-electron chi connectivity index (χ0n) is 8.29. The molecule has 0 amide bonds. The van der Waals surface area contributed by atoms with Crippen LogP contribution >= 0.6 is 23.6 Å². The van der Waals surface area contributed by atoms with E-state index in [0.717, 1.165) is 4.88 Å². The number of aromatic nitrogens is 2. The fraction of sp³-hybridized carbons (Fsp3) is 0.100. The standard InChI is InChI=1S/C10H9N3OS2/c11-9(15)8-3-4-12-13-10(8)14-6-7-2-1-5-16-7/h1-5H,6H2,(H2,11,15). The molecule has 0 unspecified atom stereocenters. The van der Waals surface area contributed by atoms with Crippen molar-refractivity contribution in [3.05, 3.63) is 40.2 Å². The molecule has 6 heteroatoms. The van der Waals surface area contributed by atoms with Crippen LogP contribution in [0.1, 0.15) is 10.4 Å². The summed E-state index contributed by atoms with van der Waals surface area (Å²) in [5, 5.41) is 9.60. The van der Waals surface area contributed by atoms with Gasteiger partial charge in [0.15, 0.2) is 0 Å². The van der Waals surface area contributed by atoms with Crippen molar-refractivity contribution in [3.63, 3.8) is 0 Å². The van der Waals surface area contributed by atoms with Gasteiger partial charge < -0.3 is 10.5 Å². The van der Waals surface area contributed by atoms with E-state index in [4.69, 9.17) is 22.7 Å². The number of nitrogens with zero attached hydrogens (tertiary/aromatic N) is 2. The zero-order chi connectivity index (χ0) is 11.4. The van der Waals surface area contributed by atoms with E-state index in [0.29, 0.717) is 18.1 Å². The average Bonchev–Trinajstić information content (AvgIpc) is 2.79. The molecule has 0 bridgehead atoms. The molecular formula is C10H9N3OS2. The summed E-state index contributed by atoms with van der Waals surface area (Å²) in [5.41, 5.74) is 6.16. The molecule has 2 aromatic heterocycles. The van der Waals surface area contributed by atoms with E-state index in [-0.39, 0.29) is 4.99 Å². The van der Waals surface area contributed by atoms with Crippen LogP contribution < -0.4 is 10.5 Å². The predicted molar refractivity (Wildman–Crippen MR) is 66.6 cm³/mol. The van der Waals surface area contributed by atoms with Gasteiger partial charge in [-0.3, -0.25) is 0 Å². The van der Waals surface area contributed by atoms with Gasteiger partial charge in [0.2, 0.25) is 5.88 Å². The van der Waals surface area contributed by atoms with E-state index in [1.54, 1.807) is 17.4 Å². The first kappa shape index (κ1) is 11.0. The van der Waals surface area contributed by atoms with Crippen LogP contribution in [-0.2, 0) is 6.61 Å². The van der Waals surface area contributed by atoms with Crippen molar-refractivity contribution in [2.24, 2.45) is 5.73 Å². The molecule has 82 valence electrons. The zero-order valence-corrected chi connectivity index (χ0v) is 9.92. The van der Waals surface area contributed by atoms with Gasteiger partial charge in [0.25, 0.3) is 0 Å². The fourth-order valence-electron chi connectivity index (χ4n) is 1.15. The summed E-state index contributed by atoms with van der Waals surface area (Å²) >= 11 is 6.52. The van der Waals surface area contributed by atoms with Crippen LogP contribution in [-0.4, -0.2) is 15.2 Å². The van der Waals surface area contributed by atoms with Gasteiger partial charge in [0, 0.05) is 4.88 Å². The molecule has 0 fully saturated rings. The Balaban J connectivity index is 2.12. The maximum Gasteiger partial charge on any atom is 0.244 e. The Bertz CT molecular complexity index is 485. The van der Waals surface area contributed by atoms with Crippen LogP contribution in [0.15, 0.2) is 29.8 Å². The van der Waals surface area contributed by atoms with Gasteiger partial charge in [0.05, 0.1) is 11.8 Å². The molecule has 0 spiro atoms. The third-order valence-corrected chi connectivity index (χ3v) is 2.95. The highest BCUT2D eigenvalue weighted by Gasteiger charge is 2.08. The van der Waals surface area contributed by atoms with Crippen molar-refractivity contribution in [2.45, 2.75) is 6.61 Å². The van der Waals surface area contributed by atoms with Crippen molar-refractivity contribution >= 4 is 28.5 Å². The van der Waals surface area contributed by atoms with E-state index in [2.05, 4.69) is 10.2 Å². The number of thiocarbonyl (C=S) groups is 1. The van der Waals surface area contributed by atoms with Crippen molar-refractivity contribution in [2.75, 3.05) is 0 Å². The maximum absolute atomic E-state index is 5.55. The Morgan fingerprint density at radius 3 is 3.06 bits per heavy atom. The monoisotopic (exact) mass is 251 g/mol. The van der Waals surface area contributed by atoms with Crippen LogP contribution in [0.2, 0.25) is 0 Å². The molecule has 0 aliphatic heterocycles. The average molecular weight is 251 g/mol. The second kappa shape index (κ2) is 5.00. The normalized spacial score (nSPS) is 10.0. The molecule has 2 aromatic rings. The number of hydrogen-bond donors (Lipinski definition) is 1. The largest absolute Gasteiger partial charge is 0.470 e. The SMILES string of the molecule is NC(=S)c1ccnnc1OCc1cccs1. The Morgan fingerprint density at radius 2 is 2.38 bits per heavy atom. The summed E-state index contributed by atoms with van der Waals surface area (Å²) in [6.07, 6.45) is 1.53. The predicted octanol–water partition coefficient (Wildman–Crippen LogP) is 1.75. The van der Waals surface area contributed by atoms with Crippen molar-refractivity contribution in [1.29, 1.82) is 0 Å². The van der Waals surface area contributed by atoms with E-state index in [1.165, 1.54) is 6.20 Å². The summed E-state index contributed by atoms with van der Waals surface area (Å²) in [5.74, 6) is 0.378. The Hall–Kier alpha value is -1.53. The molecule has 0 aliphatic rings. The lowest BCUT2D eigenvalue weighted by Gasteiger charge is -2.06. The van der Waals surface area contributed by atoms with Gasteiger partial charge in [-0.25, -0.2) is 0 Å². The third kappa shape index (κ3) is 2.53. The smallest absolute Gasteiger partial charge is 0.244 e. The van der Waals surface area contributed by atoms with E-state index >= 15 is 0 Å². The van der Waals surface area contributed by atoms with Crippen LogP contribution in [0.3, 0.4) is 0 Å². The highest BCUT2D eigenvalue weighted by atomic mass is 32.1. The van der Waals surface area contributed by atoms with Gasteiger partial charge in [-0.2, -0.15) is 5.10 Å². The lowest BCUT2D eigenvalue weighted by molar-refractivity contribution is 0.293. The molecule has 0 saturated carbocycles. The fourth-order valence-corrected chi connectivity index (χ4v) is 1.92. The van der Waals surface area contributed by atoms with Gasteiger partial charge in [-0.15, -0.1) is 16.4 Å². The minimum absolute atomic E-state index is 0.260. The summed E-state index contributed by atoms with van der Waals surface area (Å²) in [6.45, 7) is 0.450. The van der Waals surface area contributed by atoms with Crippen molar-refractivity contribution < 1.29 is 4.74 Å². The molecule has 4 nitrogen and oxygen atoms in total. The molecule has 0 saturated heterocycles. The summed E-state index contributed by atoms with van der Waals surface area (Å²) in [4.78, 5) is 1.37. The van der Waals surface area contributed by atoms with Crippen molar-refractivity contribution in [3.8, 4) is 5.88 Å². The third-order valence-electron chi connectivity index (χ3n) is 1.88. The summed E-state index contributed by atoms with van der Waals surface area (Å²) in [6, 6.07) is 5.65. The van der Waals surface area contributed by atoms with Gasteiger partial charge in [-0.05, 0) is 17.5 Å².